The first kappa shape index (κ1) is 23.4. The molecule has 172 valence electrons. The van der Waals surface area contributed by atoms with E-state index in [2.05, 4.69) is 37.6 Å². The first-order valence-corrected chi connectivity index (χ1v) is 11.6. The van der Waals surface area contributed by atoms with Crippen molar-refractivity contribution in [3.63, 3.8) is 0 Å². The van der Waals surface area contributed by atoms with Crippen LogP contribution in [0.25, 0.3) is 0 Å². The molecule has 2 heterocycles. The van der Waals surface area contributed by atoms with Crippen molar-refractivity contribution in [1.29, 1.82) is 0 Å². The zero-order chi connectivity index (χ0) is 22.1. The van der Waals surface area contributed by atoms with Gasteiger partial charge in [-0.2, -0.15) is 0 Å². The maximum Gasteiger partial charge on any atom is 0.220 e. The molecule has 2 aliphatic heterocycles. The van der Waals surface area contributed by atoms with Gasteiger partial charge in [-0.1, -0.05) is 12.1 Å². The van der Waals surface area contributed by atoms with Gasteiger partial charge >= 0.3 is 0 Å². The Hall–Kier alpha value is -2.28. The van der Waals surface area contributed by atoms with Gasteiger partial charge in [-0.3, -0.25) is 14.7 Å². The number of likely N-dealkylation sites (tertiary alicyclic amines) is 2. The van der Waals surface area contributed by atoms with Gasteiger partial charge in [0.05, 0.1) is 7.11 Å². The lowest BCUT2D eigenvalue weighted by atomic mass is 9.93. The second-order valence-corrected chi connectivity index (χ2v) is 8.80. The van der Waals surface area contributed by atoms with Crippen LogP contribution in [0, 0.1) is 11.8 Å². The average Bonchev–Trinajstić information content (AvgIpc) is 2.82. The highest BCUT2D eigenvalue weighted by Crippen LogP contribution is 2.22. The molecule has 2 saturated heterocycles. The minimum Gasteiger partial charge on any atom is -0.497 e. The molecule has 7 heteroatoms. The van der Waals surface area contributed by atoms with Gasteiger partial charge in [-0.15, -0.1) is 0 Å². The van der Waals surface area contributed by atoms with E-state index in [-0.39, 0.29) is 5.91 Å². The number of ether oxygens (including phenoxy) is 1. The fourth-order valence-corrected chi connectivity index (χ4v) is 4.62. The van der Waals surface area contributed by atoms with Crippen molar-refractivity contribution in [2.75, 3.05) is 53.9 Å². The molecule has 0 aliphatic carbocycles. The van der Waals surface area contributed by atoms with Gasteiger partial charge in [0.25, 0.3) is 0 Å². The number of nitrogens with zero attached hydrogens (tertiary/aromatic N) is 3. The van der Waals surface area contributed by atoms with Crippen LogP contribution in [0.15, 0.2) is 29.3 Å². The summed E-state index contributed by atoms with van der Waals surface area (Å²) in [6.45, 7) is 6.23. The second kappa shape index (κ2) is 11.9. The van der Waals surface area contributed by atoms with Crippen molar-refractivity contribution in [2.24, 2.45) is 16.8 Å². The summed E-state index contributed by atoms with van der Waals surface area (Å²) in [5, 5.41) is 6.36. The predicted octanol–water partition coefficient (Wildman–Crippen LogP) is 2.33. The van der Waals surface area contributed by atoms with Crippen LogP contribution in [-0.2, 0) is 11.3 Å². The molecule has 0 saturated carbocycles. The third-order valence-electron chi connectivity index (χ3n) is 6.70. The van der Waals surface area contributed by atoms with Crippen LogP contribution in [0.4, 0.5) is 0 Å². The summed E-state index contributed by atoms with van der Waals surface area (Å²) in [6.07, 6.45) is 5.18. The van der Waals surface area contributed by atoms with E-state index in [0.29, 0.717) is 18.3 Å². The molecule has 1 aromatic rings. The minimum absolute atomic E-state index is 0.152. The van der Waals surface area contributed by atoms with E-state index >= 15 is 0 Å². The van der Waals surface area contributed by atoms with Crippen molar-refractivity contribution < 1.29 is 9.53 Å². The summed E-state index contributed by atoms with van der Waals surface area (Å²) in [5.41, 5.74) is 1.34. The summed E-state index contributed by atoms with van der Waals surface area (Å²) in [5.74, 6) is 3.26. The molecule has 1 aromatic carbocycles. The Morgan fingerprint density at radius 1 is 1.06 bits per heavy atom. The van der Waals surface area contributed by atoms with E-state index in [1.807, 2.05) is 19.2 Å². The topological polar surface area (TPSA) is 69.2 Å². The molecular weight excluding hydrogens is 390 g/mol. The molecule has 7 nitrogen and oxygen atoms in total. The van der Waals surface area contributed by atoms with E-state index in [9.17, 15) is 4.79 Å². The van der Waals surface area contributed by atoms with Crippen LogP contribution < -0.4 is 15.4 Å². The smallest absolute Gasteiger partial charge is 0.220 e. The van der Waals surface area contributed by atoms with Crippen LogP contribution in [-0.4, -0.2) is 75.6 Å². The van der Waals surface area contributed by atoms with Crippen LogP contribution in [0.3, 0.4) is 0 Å². The van der Waals surface area contributed by atoms with Crippen molar-refractivity contribution >= 4 is 11.9 Å². The Balaban J connectivity index is 1.36. The molecular formula is C24H39N5O2. The largest absolute Gasteiger partial charge is 0.497 e. The van der Waals surface area contributed by atoms with Crippen molar-refractivity contribution in [3.8, 4) is 5.75 Å². The number of benzene rings is 1. The molecule has 1 amide bonds. The maximum absolute atomic E-state index is 11.6. The Kier molecular flexibility index (Phi) is 9.00. The standard InChI is InChI=1S/C24H39N5O2/c1-25-23(30)16-19-10-14-29(15-11-19)24(26-2)27-17-20-8-12-28(13-9-20)18-21-4-6-22(31-3)7-5-21/h4-7,19-20H,8-18H2,1-3H3,(H,25,30)(H,26,27). The first-order valence-electron chi connectivity index (χ1n) is 11.6. The molecule has 3 rings (SSSR count). The molecule has 0 aromatic heterocycles. The van der Waals surface area contributed by atoms with Crippen molar-refractivity contribution in [1.82, 2.24) is 20.4 Å². The zero-order valence-corrected chi connectivity index (χ0v) is 19.4. The molecule has 0 spiro atoms. The summed E-state index contributed by atoms with van der Waals surface area (Å²) in [7, 11) is 5.29. The Bertz CT molecular complexity index is 705. The van der Waals surface area contributed by atoms with Crippen LogP contribution in [0.5, 0.6) is 5.75 Å². The Labute approximate surface area is 187 Å². The number of carbonyl (C=O) groups excluding carboxylic acids is 1. The molecule has 0 unspecified atom stereocenters. The first-order chi connectivity index (χ1) is 15.1. The number of hydrogen-bond donors (Lipinski definition) is 2. The number of aliphatic imine (C=N–C) groups is 1. The normalized spacial score (nSPS) is 19.3. The summed E-state index contributed by atoms with van der Waals surface area (Å²) in [6, 6.07) is 8.40. The van der Waals surface area contributed by atoms with Crippen molar-refractivity contribution in [3.05, 3.63) is 29.8 Å². The predicted molar refractivity (Wildman–Crippen MR) is 125 cm³/mol. The number of rotatable bonds is 7. The van der Waals surface area contributed by atoms with Gasteiger partial charge in [-0.05, 0) is 68.3 Å². The molecule has 0 atom stereocenters. The third kappa shape index (κ3) is 7.13. The number of nitrogens with one attached hydrogen (secondary N) is 2. The number of amides is 1. The SMILES string of the molecule is CN=C(NCC1CCN(Cc2ccc(OC)cc2)CC1)N1CCC(CC(=O)NC)CC1. The van der Waals surface area contributed by atoms with Crippen LogP contribution in [0.1, 0.15) is 37.7 Å². The number of carbonyl (C=O) groups is 1. The highest BCUT2D eigenvalue weighted by Gasteiger charge is 2.24. The van der Waals surface area contributed by atoms with E-state index in [1.54, 1.807) is 14.2 Å². The molecule has 0 radical (unpaired) electrons. The third-order valence-corrected chi connectivity index (χ3v) is 6.70. The highest BCUT2D eigenvalue weighted by molar-refractivity contribution is 5.80. The van der Waals surface area contributed by atoms with Crippen LogP contribution >= 0.6 is 0 Å². The highest BCUT2D eigenvalue weighted by atomic mass is 16.5. The molecule has 2 fully saturated rings. The quantitative estimate of drug-likeness (QED) is 0.514. The lowest BCUT2D eigenvalue weighted by molar-refractivity contribution is -0.121. The summed E-state index contributed by atoms with van der Waals surface area (Å²) >= 11 is 0. The van der Waals surface area contributed by atoms with Gasteiger partial charge in [0.1, 0.15) is 5.75 Å². The van der Waals surface area contributed by atoms with Gasteiger partial charge in [0.2, 0.25) is 5.91 Å². The Morgan fingerprint density at radius 2 is 1.71 bits per heavy atom. The van der Waals surface area contributed by atoms with Crippen LogP contribution in [0.2, 0.25) is 0 Å². The summed E-state index contributed by atoms with van der Waals surface area (Å²) in [4.78, 5) is 21.0. The van der Waals surface area contributed by atoms with E-state index < -0.39 is 0 Å². The van der Waals surface area contributed by atoms with Gasteiger partial charge in [0, 0.05) is 46.7 Å². The maximum atomic E-state index is 11.6. The van der Waals surface area contributed by atoms with Crippen molar-refractivity contribution in [2.45, 2.75) is 38.6 Å². The number of methoxy groups -OCH3 is 1. The lowest BCUT2D eigenvalue weighted by Gasteiger charge is -2.36. The molecule has 31 heavy (non-hydrogen) atoms. The zero-order valence-electron chi connectivity index (χ0n) is 19.4. The monoisotopic (exact) mass is 429 g/mol. The molecule has 0 bridgehead atoms. The fraction of sp³-hybridized carbons (Fsp3) is 0.667. The number of guanidine groups is 1. The van der Waals surface area contributed by atoms with Gasteiger partial charge in [0.15, 0.2) is 5.96 Å². The average molecular weight is 430 g/mol. The Morgan fingerprint density at radius 3 is 2.29 bits per heavy atom. The number of hydrogen-bond acceptors (Lipinski definition) is 4. The second-order valence-electron chi connectivity index (χ2n) is 8.80. The molecule has 2 N–H and O–H groups in total. The van der Waals surface area contributed by atoms with E-state index in [4.69, 9.17) is 4.74 Å². The fourth-order valence-electron chi connectivity index (χ4n) is 4.62. The van der Waals surface area contributed by atoms with E-state index in [0.717, 1.165) is 63.8 Å². The molecule has 2 aliphatic rings. The van der Waals surface area contributed by atoms with Gasteiger partial charge in [-0.25, -0.2) is 0 Å². The lowest BCUT2D eigenvalue weighted by Crippen LogP contribution is -2.48. The number of piperidine rings is 2. The minimum atomic E-state index is 0.152. The van der Waals surface area contributed by atoms with Gasteiger partial charge < -0.3 is 20.3 Å². The van der Waals surface area contributed by atoms with E-state index in [1.165, 1.54) is 18.4 Å². The summed E-state index contributed by atoms with van der Waals surface area (Å²) < 4.78 is 5.25.